The number of nitrogens with two attached hydrogens (primary N) is 1. The van der Waals surface area contributed by atoms with E-state index in [-0.39, 0.29) is 11.3 Å². The van der Waals surface area contributed by atoms with Crippen molar-refractivity contribution >= 4 is 5.97 Å². The molecule has 0 aliphatic carbocycles. The van der Waals surface area contributed by atoms with E-state index < -0.39 is 5.97 Å². The van der Waals surface area contributed by atoms with Gasteiger partial charge < -0.3 is 4.84 Å². The Morgan fingerprint density at radius 3 is 3.15 bits per heavy atom. The topological polar surface area (TPSA) is 101 Å². The van der Waals surface area contributed by atoms with Gasteiger partial charge in [0.2, 0.25) is 0 Å². The van der Waals surface area contributed by atoms with Crippen LogP contribution < -0.4 is 11.4 Å². The van der Waals surface area contributed by atoms with Crippen molar-refractivity contribution in [2.75, 3.05) is 0 Å². The number of hydrogen-bond acceptors (Lipinski definition) is 6. The van der Waals surface area contributed by atoms with Crippen LogP contribution in [0.15, 0.2) is 18.3 Å². The summed E-state index contributed by atoms with van der Waals surface area (Å²) in [5.74, 6) is 4.10. The van der Waals surface area contributed by atoms with E-state index in [0.29, 0.717) is 0 Å². The van der Waals surface area contributed by atoms with Gasteiger partial charge in [0.25, 0.3) is 0 Å². The molecule has 0 spiro atoms. The Morgan fingerprint density at radius 1 is 1.77 bits per heavy atom. The second-order valence-corrected chi connectivity index (χ2v) is 2.05. The molecule has 1 heterocycles. The van der Waals surface area contributed by atoms with E-state index in [1.165, 1.54) is 18.3 Å². The second-order valence-electron chi connectivity index (χ2n) is 2.05. The van der Waals surface area contributed by atoms with Gasteiger partial charge in [0.1, 0.15) is 11.8 Å². The van der Waals surface area contributed by atoms with Crippen LogP contribution in [0, 0.1) is 11.3 Å². The van der Waals surface area contributed by atoms with Gasteiger partial charge in [0.15, 0.2) is 0 Å². The normalized spacial score (nSPS) is 8.92. The molecule has 0 bridgehead atoms. The number of pyridine rings is 1. The molecule has 0 saturated heterocycles. The van der Waals surface area contributed by atoms with Gasteiger partial charge >= 0.3 is 5.97 Å². The van der Waals surface area contributed by atoms with Crippen LogP contribution in [-0.4, -0.2) is 11.0 Å². The average molecular weight is 178 g/mol. The highest BCUT2D eigenvalue weighted by Crippen LogP contribution is 2.01. The van der Waals surface area contributed by atoms with Gasteiger partial charge in [0.05, 0.1) is 5.56 Å². The highest BCUT2D eigenvalue weighted by molar-refractivity contribution is 5.89. The predicted molar refractivity (Wildman–Crippen MR) is 41.7 cm³/mol. The van der Waals surface area contributed by atoms with Gasteiger partial charge in [-0.05, 0) is 12.1 Å². The van der Waals surface area contributed by atoms with Crippen molar-refractivity contribution in [1.82, 2.24) is 10.6 Å². The van der Waals surface area contributed by atoms with Crippen molar-refractivity contribution in [1.29, 1.82) is 5.26 Å². The third-order valence-corrected chi connectivity index (χ3v) is 1.26. The van der Waals surface area contributed by atoms with Gasteiger partial charge in [-0.3, -0.25) is 0 Å². The number of carbonyl (C=O) groups is 1. The van der Waals surface area contributed by atoms with E-state index >= 15 is 0 Å². The van der Waals surface area contributed by atoms with E-state index in [0.717, 1.165) is 0 Å². The quantitative estimate of drug-likeness (QED) is 0.467. The molecule has 1 aromatic heterocycles. The van der Waals surface area contributed by atoms with E-state index in [2.05, 4.69) is 9.82 Å². The molecule has 0 amide bonds. The molecule has 0 saturated carbocycles. The van der Waals surface area contributed by atoms with Crippen LogP contribution in [0.2, 0.25) is 0 Å². The van der Waals surface area contributed by atoms with Crippen LogP contribution in [0.5, 0.6) is 0 Å². The number of nitrogens with zero attached hydrogens (tertiary/aromatic N) is 2. The maximum atomic E-state index is 11.0. The van der Waals surface area contributed by atoms with Crippen LogP contribution in [0.1, 0.15) is 16.1 Å². The van der Waals surface area contributed by atoms with Crippen LogP contribution in [-0.2, 0) is 4.84 Å². The van der Waals surface area contributed by atoms with Crippen molar-refractivity contribution in [3.05, 3.63) is 29.6 Å². The van der Waals surface area contributed by atoms with E-state index in [9.17, 15) is 4.79 Å². The summed E-state index contributed by atoms with van der Waals surface area (Å²) in [5, 5.41) is 8.47. The lowest BCUT2D eigenvalue weighted by Gasteiger charge is -1.99. The summed E-state index contributed by atoms with van der Waals surface area (Å²) in [6.07, 6.45) is 1.34. The molecular formula is C7H6N4O2. The fraction of sp³-hybridized carbons (Fsp3) is 0. The summed E-state index contributed by atoms with van der Waals surface area (Å²) >= 11 is 0. The first kappa shape index (κ1) is 9.12. The first-order valence-electron chi connectivity index (χ1n) is 3.31. The van der Waals surface area contributed by atoms with Crippen molar-refractivity contribution in [2.24, 2.45) is 5.84 Å². The Morgan fingerprint density at radius 2 is 2.54 bits per heavy atom. The minimum Gasteiger partial charge on any atom is -0.351 e. The summed E-state index contributed by atoms with van der Waals surface area (Å²) in [5.41, 5.74) is 2.11. The van der Waals surface area contributed by atoms with E-state index in [1.807, 2.05) is 0 Å². The summed E-state index contributed by atoms with van der Waals surface area (Å²) in [4.78, 5) is 19.0. The molecule has 6 nitrogen and oxygen atoms in total. The van der Waals surface area contributed by atoms with Crippen molar-refractivity contribution in [3.63, 3.8) is 0 Å². The van der Waals surface area contributed by atoms with Crippen LogP contribution >= 0.6 is 0 Å². The van der Waals surface area contributed by atoms with Crippen LogP contribution in [0.3, 0.4) is 0 Å². The number of hydrogen-bond donors (Lipinski definition) is 2. The number of carbonyl (C=O) groups excluding carboxylic acids is 1. The largest absolute Gasteiger partial charge is 0.358 e. The molecule has 3 N–H and O–H groups in total. The molecule has 0 unspecified atom stereocenters. The second kappa shape index (κ2) is 4.15. The lowest BCUT2D eigenvalue weighted by atomic mass is 10.2. The number of hydrazine groups is 1. The molecule has 0 fully saturated rings. The zero-order chi connectivity index (χ0) is 9.68. The number of nitriles is 1. The van der Waals surface area contributed by atoms with Gasteiger partial charge in [-0.2, -0.15) is 5.26 Å². The fourth-order valence-electron chi connectivity index (χ4n) is 0.731. The Hall–Kier alpha value is -1.97. The Labute approximate surface area is 73.9 Å². The van der Waals surface area contributed by atoms with Crippen molar-refractivity contribution in [2.45, 2.75) is 0 Å². The average Bonchev–Trinajstić information content (AvgIpc) is 2.18. The Kier molecular flexibility index (Phi) is 2.92. The molecule has 0 radical (unpaired) electrons. The molecule has 1 rings (SSSR count). The van der Waals surface area contributed by atoms with E-state index in [1.54, 1.807) is 11.7 Å². The summed E-state index contributed by atoms with van der Waals surface area (Å²) in [6, 6.07) is 4.52. The van der Waals surface area contributed by atoms with Gasteiger partial charge in [-0.1, -0.05) is 5.59 Å². The lowest BCUT2D eigenvalue weighted by molar-refractivity contribution is 0.0254. The zero-order valence-electron chi connectivity index (χ0n) is 6.52. The predicted octanol–water partition coefficient (Wildman–Crippen LogP) is -0.512. The first-order chi connectivity index (χ1) is 6.27. The zero-order valence-corrected chi connectivity index (χ0v) is 6.52. The van der Waals surface area contributed by atoms with Gasteiger partial charge in [-0.25, -0.2) is 15.6 Å². The SMILES string of the molecule is N#Cc1cc(C(=O)ONN)ccn1. The molecule has 13 heavy (non-hydrogen) atoms. The van der Waals surface area contributed by atoms with Crippen molar-refractivity contribution in [3.8, 4) is 6.07 Å². The summed E-state index contributed by atoms with van der Waals surface area (Å²) in [6.45, 7) is 0. The fourth-order valence-corrected chi connectivity index (χ4v) is 0.731. The minimum absolute atomic E-state index is 0.145. The molecule has 0 atom stereocenters. The number of nitrogens with one attached hydrogen (secondary N) is 1. The first-order valence-corrected chi connectivity index (χ1v) is 3.31. The standard InChI is InChI=1S/C7H6N4O2/c8-4-6-3-5(1-2-10-6)7(12)13-11-9/h1-3,11H,9H2. The van der Waals surface area contributed by atoms with Gasteiger partial charge in [-0.15, -0.1) is 0 Å². The number of aromatic nitrogens is 1. The Bertz CT molecular complexity index is 358. The maximum Gasteiger partial charge on any atom is 0.358 e. The monoisotopic (exact) mass is 178 g/mol. The molecule has 0 aliphatic rings. The highest BCUT2D eigenvalue weighted by Gasteiger charge is 2.07. The lowest BCUT2D eigenvalue weighted by Crippen LogP contribution is -2.26. The summed E-state index contributed by atoms with van der Waals surface area (Å²) < 4.78 is 0. The maximum absolute atomic E-state index is 11.0. The van der Waals surface area contributed by atoms with Gasteiger partial charge in [0, 0.05) is 6.20 Å². The minimum atomic E-state index is -0.665. The molecular weight excluding hydrogens is 172 g/mol. The van der Waals surface area contributed by atoms with E-state index in [4.69, 9.17) is 11.1 Å². The third kappa shape index (κ3) is 2.23. The number of rotatable bonds is 2. The van der Waals surface area contributed by atoms with Crippen molar-refractivity contribution < 1.29 is 9.63 Å². The summed E-state index contributed by atoms with van der Waals surface area (Å²) in [7, 11) is 0. The highest BCUT2D eigenvalue weighted by atomic mass is 16.7. The van der Waals surface area contributed by atoms with Crippen LogP contribution in [0.4, 0.5) is 0 Å². The third-order valence-electron chi connectivity index (χ3n) is 1.26. The molecule has 1 aromatic rings. The molecule has 0 aromatic carbocycles. The van der Waals surface area contributed by atoms with Crippen LogP contribution in [0.25, 0.3) is 0 Å². The molecule has 6 heteroatoms. The molecule has 66 valence electrons. The smallest absolute Gasteiger partial charge is 0.351 e. The molecule has 0 aliphatic heterocycles. The Balaban J connectivity index is 2.90.